The van der Waals surface area contributed by atoms with Crippen LogP contribution in [0.2, 0.25) is 0 Å². The van der Waals surface area contributed by atoms with E-state index in [2.05, 4.69) is 0 Å². The van der Waals surface area contributed by atoms with E-state index in [1.807, 2.05) is 13.8 Å². The molecule has 0 aliphatic rings. The Balaban J connectivity index is 4.92. The molecule has 10 heteroatoms. The van der Waals surface area contributed by atoms with Crippen LogP contribution in [0.1, 0.15) is 53.9 Å². The average molecular weight is 434 g/mol. The van der Waals surface area contributed by atoms with Crippen molar-refractivity contribution in [2.45, 2.75) is 66.1 Å². The summed E-state index contributed by atoms with van der Waals surface area (Å²) in [5.74, 6) is -3.13. The Hall–Kier alpha value is -2.20. The Morgan fingerprint density at radius 2 is 1.50 bits per heavy atom. The number of carbonyl (C=O) groups is 4. The zero-order valence-corrected chi connectivity index (χ0v) is 18.4. The number of aliphatic hydroxyl groups excluding tert-OH is 1. The van der Waals surface area contributed by atoms with E-state index in [4.69, 9.17) is 28.8 Å². The first-order valence-corrected chi connectivity index (χ1v) is 10.0. The molecule has 10 nitrogen and oxygen atoms in total. The minimum absolute atomic E-state index is 0.00627. The fourth-order valence-electron chi connectivity index (χ4n) is 1.96. The van der Waals surface area contributed by atoms with Gasteiger partial charge in [-0.2, -0.15) is 0 Å². The lowest BCUT2D eigenvalue weighted by Gasteiger charge is -2.27. The first-order valence-electron chi connectivity index (χ1n) is 10.0. The van der Waals surface area contributed by atoms with E-state index in [1.165, 1.54) is 20.8 Å². The molecule has 0 saturated carbocycles. The van der Waals surface area contributed by atoms with Gasteiger partial charge in [-0.25, -0.2) is 9.59 Å². The van der Waals surface area contributed by atoms with Crippen LogP contribution in [0.15, 0.2) is 0 Å². The molecule has 3 atom stereocenters. The van der Waals surface area contributed by atoms with Gasteiger partial charge in [-0.05, 0) is 33.6 Å². The second kappa shape index (κ2) is 14.7. The van der Waals surface area contributed by atoms with Gasteiger partial charge in [0.15, 0.2) is 6.10 Å². The largest absolute Gasteiger partial charge is 0.464 e. The molecule has 0 aromatic carbocycles. The fraction of sp³-hybridized carbons (Fsp3) is 0.800. The summed E-state index contributed by atoms with van der Waals surface area (Å²) in [6.07, 6.45) is -1.10. The van der Waals surface area contributed by atoms with Crippen LogP contribution in [0.4, 0.5) is 0 Å². The maximum absolute atomic E-state index is 12.5. The molecule has 0 bridgehead atoms. The molecule has 0 fully saturated rings. The van der Waals surface area contributed by atoms with Gasteiger partial charge in [0, 0.05) is 13.0 Å². The van der Waals surface area contributed by atoms with E-state index in [-0.39, 0.29) is 26.2 Å². The predicted molar refractivity (Wildman–Crippen MR) is 104 cm³/mol. The summed E-state index contributed by atoms with van der Waals surface area (Å²) < 4.78 is 25.4. The third-order valence-corrected chi connectivity index (χ3v) is 3.81. The van der Waals surface area contributed by atoms with Gasteiger partial charge in [0.25, 0.3) is 0 Å². The molecule has 0 aromatic heterocycles. The molecule has 0 saturated heterocycles. The number of rotatable bonds is 15. The van der Waals surface area contributed by atoms with E-state index in [0.29, 0.717) is 13.0 Å². The monoisotopic (exact) mass is 434 g/mol. The van der Waals surface area contributed by atoms with Crippen molar-refractivity contribution < 1.29 is 48.0 Å². The Morgan fingerprint density at radius 3 is 2.07 bits per heavy atom. The van der Waals surface area contributed by atoms with Crippen molar-refractivity contribution in [3.8, 4) is 0 Å². The van der Waals surface area contributed by atoms with E-state index >= 15 is 0 Å². The Morgan fingerprint density at radius 1 is 0.867 bits per heavy atom. The zero-order chi connectivity index (χ0) is 23.2. The van der Waals surface area contributed by atoms with E-state index < -0.39 is 48.1 Å². The quantitative estimate of drug-likeness (QED) is 0.227. The zero-order valence-electron chi connectivity index (χ0n) is 18.4. The highest BCUT2D eigenvalue weighted by atomic mass is 16.6. The molecule has 0 rings (SSSR count). The summed E-state index contributed by atoms with van der Waals surface area (Å²) in [7, 11) is 0. The average Bonchev–Trinajstić information content (AvgIpc) is 2.70. The van der Waals surface area contributed by atoms with Gasteiger partial charge < -0.3 is 28.8 Å². The van der Waals surface area contributed by atoms with Crippen molar-refractivity contribution in [2.24, 2.45) is 5.41 Å². The van der Waals surface area contributed by atoms with E-state index in [9.17, 15) is 19.2 Å². The highest BCUT2D eigenvalue weighted by molar-refractivity contribution is 5.81. The maximum Gasteiger partial charge on any atom is 0.347 e. The lowest BCUT2D eigenvalue weighted by atomic mass is 9.93. The van der Waals surface area contributed by atoms with Crippen LogP contribution in [-0.4, -0.2) is 74.2 Å². The first-order chi connectivity index (χ1) is 14.1. The predicted octanol–water partition coefficient (Wildman–Crippen LogP) is 1.16. The van der Waals surface area contributed by atoms with E-state index in [0.717, 1.165) is 6.42 Å². The molecule has 174 valence electrons. The SMILES string of the molecule is CCCOCCOC(=O)C(C)(COC(=O)CCC)COC(=O)C(C)OC(=O)C(C)O. The molecule has 1 N–H and O–H groups in total. The minimum atomic E-state index is -1.46. The van der Waals surface area contributed by atoms with Gasteiger partial charge in [0.05, 0.1) is 6.61 Å². The molecule has 0 aromatic rings. The van der Waals surface area contributed by atoms with Crippen molar-refractivity contribution in [3.63, 3.8) is 0 Å². The van der Waals surface area contributed by atoms with Gasteiger partial charge in [-0.1, -0.05) is 13.8 Å². The topological polar surface area (TPSA) is 135 Å². The molecule has 0 spiro atoms. The third kappa shape index (κ3) is 11.1. The summed E-state index contributed by atoms with van der Waals surface area (Å²) in [4.78, 5) is 47.7. The molecular formula is C20H34O10. The number of hydrogen-bond acceptors (Lipinski definition) is 10. The Kier molecular flexibility index (Phi) is 13.7. The highest BCUT2D eigenvalue weighted by Crippen LogP contribution is 2.21. The van der Waals surface area contributed by atoms with Crippen LogP contribution in [0.25, 0.3) is 0 Å². The van der Waals surface area contributed by atoms with Crippen LogP contribution in [0, 0.1) is 5.41 Å². The number of ether oxygens (including phenoxy) is 5. The van der Waals surface area contributed by atoms with Crippen LogP contribution in [0.5, 0.6) is 0 Å². The van der Waals surface area contributed by atoms with Crippen LogP contribution in [-0.2, 0) is 42.9 Å². The minimum Gasteiger partial charge on any atom is -0.464 e. The molecule has 3 unspecified atom stereocenters. The van der Waals surface area contributed by atoms with Crippen molar-refractivity contribution >= 4 is 23.9 Å². The molecule has 0 radical (unpaired) electrons. The van der Waals surface area contributed by atoms with Gasteiger partial charge in [0.2, 0.25) is 0 Å². The maximum atomic E-state index is 12.5. The lowest BCUT2D eigenvalue weighted by Crippen LogP contribution is -2.42. The van der Waals surface area contributed by atoms with Gasteiger partial charge in [-0.15, -0.1) is 0 Å². The molecule has 0 amide bonds. The van der Waals surface area contributed by atoms with E-state index in [1.54, 1.807) is 0 Å². The van der Waals surface area contributed by atoms with Gasteiger partial charge >= 0.3 is 23.9 Å². The normalized spacial score (nSPS) is 14.7. The standard InChI is InChI=1S/C20H34O10/c1-6-8-16(22)28-12-20(5,19(25)27-11-10-26-9-7-2)13-29-18(24)15(4)30-17(23)14(3)21/h14-15,21H,6-13H2,1-5H3. The number of carbonyl (C=O) groups excluding carboxylic acids is 4. The van der Waals surface area contributed by atoms with Crippen molar-refractivity contribution in [3.05, 3.63) is 0 Å². The fourth-order valence-corrected chi connectivity index (χ4v) is 1.96. The summed E-state index contributed by atoms with van der Waals surface area (Å²) in [5, 5.41) is 9.14. The molecule has 0 heterocycles. The van der Waals surface area contributed by atoms with Crippen LogP contribution < -0.4 is 0 Å². The molecule has 30 heavy (non-hydrogen) atoms. The number of esters is 4. The second-order valence-electron chi connectivity index (χ2n) is 7.08. The van der Waals surface area contributed by atoms with Crippen LogP contribution in [0.3, 0.4) is 0 Å². The lowest BCUT2D eigenvalue weighted by molar-refractivity contribution is -0.179. The van der Waals surface area contributed by atoms with Crippen LogP contribution >= 0.6 is 0 Å². The second-order valence-corrected chi connectivity index (χ2v) is 7.08. The van der Waals surface area contributed by atoms with Crippen molar-refractivity contribution in [1.82, 2.24) is 0 Å². The summed E-state index contributed by atoms with van der Waals surface area (Å²) in [6, 6.07) is 0. The smallest absolute Gasteiger partial charge is 0.347 e. The first kappa shape index (κ1) is 27.8. The molecular weight excluding hydrogens is 400 g/mol. The number of aliphatic hydroxyl groups is 1. The van der Waals surface area contributed by atoms with Crippen molar-refractivity contribution in [2.75, 3.05) is 33.0 Å². The summed E-state index contributed by atoms with van der Waals surface area (Å²) >= 11 is 0. The Bertz CT molecular complexity index is 560. The summed E-state index contributed by atoms with van der Waals surface area (Å²) in [5.41, 5.74) is -1.46. The highest BCUT2D eigenvalue weighted by Gasteiger charge is 2.39. The molecule has 0 aliphatic carbocycles. The molecule has 0 aliphatic heterocycles. The van der Waals surface area contributed by atoms with Gasteiger partial charge in [-0.3, -0.25) is 9.59 Å². The van der Waals surface area contributed by atoms with Crippen molar-refractivity contribution in [1.29, 1.82) is 0 Å². The number of hydrogen-bond donors (Lipinski definition) is 1. The third-order valence-electron chi connectivity index (χ3n) is 3.81. The summed E-state index contributed by atoms with van der Waals surface area (Å²) in [6.45, 7) is 7.57. The Labute approximate surface area is 177 Å². The van der Waals surface area contributed by atoms with Gasteiger partial charge in [0.1, 0.15) is 31.3 Å².